The Labute approximate surface area is 84.5 Å². The molecule has 0 aromatic rings. The number of hydrogen-bond donors (Lipinski definition) is 0. The molecule has 0 N–H and O–H groups in total. The van der Waals surface area contributed by atoms with Crippen LogP contribution in [0.1, 0.15) is 0 Å². The molecular weight excluding hydrogens is 200 g/mol. The molecule has 0 saturated carbocycles. The molecule has 1 fully saturated rings. The molecule has 1 aliphatic heterocycles. The number of carbonyl (C=O) groups excluding carboxylic acids is 1. The lowest BCUT2D eigenvalue weighted by Crippen LogP contribution is -2.18. The third-order valence-electron chi connectivity index (χ3n) is 1.37. The third-order valence-corrected chi connectivity index (χ3v) is 2.30. The first kappa shape index (κ1) is 11.1. The van der Waals surface area contributed by atoms with Gasteiger partial charge < -0.3 is 14.2 Å². The molecule has 0 spiro atoms. The Morgan fingerprint density at radius 2 is 2.29 bits per heavy atom. The van der Waals surface area contributed by atoms with Crippen LogP contribution in [0.3, 0.4) is 0 Å². The third kappa shape index (κ3) is 4.30. The minimum absolute atomic E-state index is 0.160. The molecule has 0 bridgehead atoms. The zero-order valence-electron chi connectivity index (χ0n) is 8.62. The minimum Gasteiger partial charge on any atom is -0.428 e. The summed E-state index contributed by atoms with van der Waals surface area (Å²) >= 11 is 0. The van der Waals surface area contributed by atoms with E-state index < -0.39 is 20.5 Å². The Morgan fingerprint density at radius 1 is 1.57 bits per heavy atom. The standard InChI is InChI=1S/C9H14O4Si/c1-14(2,3)6-4-5-11-8-7-12-9(10)13-8/h8H,5,7H2,1-3H3. The van der Waals surface area contributed by atoms with Crippen LogP contribution in [0.4, 0.5) is 4.79 Å². The van der Waals surface area contributed by atoms with E-state index in [1.165, 1.54) is 0 Å². The Balaban J connectivity index is 2.21. The molecule has 0 aromatic heterocycles. The first-order chi connectivity index (χ1) is 6.47. The maximum absolute atomic E-state index is 10.5. The van der Waals surface area contributed by atoms with Gasteiger partial charge >= 0.3 is 6.16 Å². The molecule has 1 heterocycles. The fourth-order valence-electron chi connectivity index (χ4n) is 0.829. The van der Waals surface area contributed by atoms with Crippen molar-refractivity contribution in [3.63, 3.8) is 0 Å². The summed E-state index contributed by atoms with van der Waals surface area (Å²) in [5.74, 6) is 2.91. The lowest BCUT2D eigenvalue weighted by atomic mass is 10.7. The zero-order valence-corrected chi connectivity index (χ0v) is 9.62. The molecule has 78 valence electrons. The summed E-state index contributed by atoms with van der Waals surface area (Å²) in [6, 6.07) is 0. The van der Waals surface area contributed by atoms with Gasteiger partial charge in [0.05, 0.1) is 0 Å². The van der Waals surface area contributed by atoms with E-state index in [1.54, 1.807) is 0 Å². The van der Waals surface area contributed by atoms with Gasteiger partial charge in [-0.05, 0) is 0 Å². The first-order valence-corrected chi connectivity index (χ1v) is 7.92. The van der Waals surface area contributed by atoms with E-state index >= 15 is 0 Å². The van der Waals surface area contributed by atoms with Crippen LogP contribution < -0.4 is 0 Å². The summed E-state index contributed by atoms with van der Waals surface area (Å²) in [5, 5.41) is 0. The van der Waals surface area contributed by atoms with Gasteiger partial charge in [0.2, 0.25) is 6.29 Å². The highest BCUT2D eigenvalue weighted by Crippen LogP contribution is 2.06. The second-order valence-corrected chi connectivity index (χ2v) is 8.72. The van der Waals surface area contributed by atoms with Crippen molar-refractivity contribution in [2.45, 2.75) is 25.9 Å². The normalized spacial score (nSPS) is 20.8. The predicted molar refractivity (Wildman–Crippen MR) is 53.3 cm³/mol. The van der Waals surface area contributed by atoms with Crippen molar-refractivity contribution in [2.24, 2.45) is 0 Å². The van der Waals surface area contributed by atoms with Crippen molar-refractivity contribution in [1.29, 1.82) is 0 Å². The largest absolute Gasteiger partial charge is 0.510 e. The number of cyclic esters (lactones) is 2. The number of ether oxygens (including phenoxy) is 3. The number of carbonyl (C=O) groups is 1. The summed E-state index contributed by atoms with van der Waals surface area (Å²) in [6.45, 7) is 6.90. The zero-order chi connectivity index (χ0) is 10.6. The molecule has 0 amide bonds. The van der Waals surface area contributed by atoms with Crippen LogP contribution in [0.5, 0.6) is 0 Å². The van der Waals surface area contributed by atoms with Gasteiger partial charge in [0, 0.05) is 0 Å². The second kappa shape index (κ2) is 4.49. The summed E-state index contributed by atoms with van der Waals surface area (Å²) in [4.78, 5) is 10.5. The first-order valence-electron chi connectivity index (χ1n) is 4.42. The lowest BCUT2D eigenvalue weighted by Gasteiger charge is -2.05. The Bertz CT molecular complexity index is 271. The van der Waals surface area contributed by atoms with Crippen LogP contribution in [0.15, 0.2) is 0 Å². The highest BCUT2D eigenvalue weighted by Gasteiger charge is 2.24. The predicted octanol–water partition coefficient (Wildman–Crippen LogP) is 1.38. The molecule has 1 atom stereocenters. The quantitative estimate of drug-likeness (QED) is 0.396. The summed E-state index contributed by atoms with van der Waals surface area (Å²) in [7, 11) is -1.33. The summed E-state index contributed by atoms with van der Waals surface area (Å²) in [6.07, 6.45) is -1.26. The molecule has 0 aliphatic carbocycles. The van der Waals surface area contributed by atoms with E-state index in [1.807, 2.05) is 0 Å². The Hall–Kier alpha value is -0.993. The van der Waals surface area contributed by atoms with Gasteiger partial charge in [-0.2, -0.15) is 0 Å². The Kier molecular flexibility index (Phi) is 3.55. The molecule has 14 heavy (non-hydrogen) atoms. The monoisotopic (exact) mass is 214 g/mol. The van der Waals surface area contributed by atoms with E-state index in [9.17, 15) is 4.79 Å². The fourth-order valence-corrected chi connectivity index (χ4v) is 1.43. The minimum atomic E-state index is -1.33. The van der Waals surface area contributed by atoms with Gasteiger partial charge in [0.15, 0.2) is 6.61 Å². The molecule has 1 aliphatic rings. The van der Waals surface area contributed by atoms with Gasteiger partial charge in [0.25, 0.3) is 0 Å². The van der Waals surface area contributed by atoms with Crippen molar-refractivity contribution in [1.82, 2.24) is 0 Å². The smallest absolute Gasteiger partial charge is 0.428 e. The van der Waals surface area contributed by atoms with Gasteiger partial charge in [-0.3, -0.25) is 0 Å². The maximum atomic E-state index is 10.5. The molecule has 1 saturated heterocycles. The highest BCUT2D eigenvalue weighted by molar-refractivity contribution is 6.83. The van der Waals surface area contributed by atoms with Crippen molar-refractivity contribution in [3.05, 3.63) is 0 Å². The van der Waals surface area contributed by atoms with Crippen molar-refractivity contribution in [2.75, 3.05) is 13.2 Å². The summed E-state index contributed by atoms with van der Waals surface area (Å²) in [5.41, 5.74) is 3.14. The topological polar surface area (TPSA) is 44.8 Å². The van der Waals surface area contributed by atoms with E-state index in [4.69, 9.17) is 4.74 Å². The van der Waals surface area contributed by atoms with E-state index in [2.05, 4.69) is 40.6 Å². The molecular formula is C9H14O4Si. The fraction of sp³-hybridized carbons (Fsp3) is 0.667. The van der Waals surface area contributed by atoms with Gasteiger partial charge in [0.1, 0.15) is 14.7 Å². The molecule has 4 nitrogen and oxygen atoms in total. The van der Waals surface area contributed by atoms with Crippen LogP contribution in [-0.4, -0.2) is 33.7 Å². The highest BCUT2D eigenvalue weighted by atomic mass is 28.3. The van der Waals surface area contributed by atoms with E-state index in [-0.39, 0.29) is 13.2 Å². The van der Waals surface area contributed by atoms with Crippen LogP contribution in [-0.2, 0) is 14.2 Å². The van der Waals surface area contributed by atoms with E-state index in [0.29, 0.717) is 0 Å². The molecule has 1 rings (SSSR count). The number of hydrogen-bond acceptors (Lipinski definition) is 4. The van der Waals surface area contributed by atoms with Crippen LogP contribution >= 0.6 is 0 Å². The maximum Gasteiger partial charge on any atom is 0.510 e. The second-order valence-electron chi connectivity index (χ2n) is 3.97. The molecule has 0 radical (unpaired) electrons. The van der Waals surface area contributed by atoms with Crippen LogP contribution in [0.2, 0.25) is 19.6 Å². The van der Waals surface area contributed by atoms with Gasteiger partial charge in [-0.1, -0.05) is 25.6 Å². The molecule has 5 heteroatoms. The van der Waals surface area contributed by atoms with E-state index in [0.717, 1.165) is 0 Å². The van der Waals surface area contributed by atoms with Crippen molar-refractivity contribution < 1.29 is 19.0 Å². The molecule has 1 unspecified atom stereocenters. The SMILES string of the molecule is C[Si](C)(C)C#CCOC1COC(=O)O1. The lowest BCUT2D eigenvalue weighted by molar-refractivity contribution is -0.0641. The average molecular weight is 214 g/mol. The van der Waals surface area contributed by atoms with Crippen LogP contribution in [0.25, 0.3) is 0 Å². The van der Waals surface area contributed by atoms with Crippen LogP contribution in [0, 0.1) is 11.5 Å². The van der Waals surface area contributed by atoms with Crippen molar-refractivity contribution in [3.8, 4) is 11.5 Å². The Morgan fingerprint density at radius 3 is 2.79 bits per heavy atom. The number of rotatable bonds is 2. The van der Waals surface area contributed by atoms with Gasteiger partial charge in [-0.25, -0.2) is 4.79 Å². The van der Waals surface area contributed by atoms with Crippen molar-refractivity contribution >= 4 is 14.2 Å². The summed E-state index contributed by atoms with van der Waals surface area (Å²) < 4.78 is 14.3. The average Bonchev–Trinajstić information content (AvgIpc) is 2.44. The van der Waals surface area contributed by atoms with Gasteiger partial charge in [-0.15, -0.1) is 5.54 Å². The molecule has 0 aromatic carbocycles.